The van der Waals surface area contributed by atoms with Gasteiger partial charge < -0.3 is 14.9 Å². The number of fused-ring (bicyclic) bond motifs is 2. The van der Waals surface area contributed by atoms with Crippen molar-refractivity contribution in [1.29, 1.82) is 0 Å². The van der Waals surface area contributed by atoms with Crippen LogP contribution in [-0.4, -0.2) is 35.0 Å². The molecule has 4 nitrogen and oxygen atoms in total. The molecule has 116 valence electrons. The molecule has 0 saturated carbocycles. The van der Waals surface area contributed by atoms with Crippen LogP contribution in [0.2, 0.25) is 0 Å². The predicted octanol–water partition coefficient (Wildman–Crippen LogP) is 2.50. The van der Waals surface area contributed by atoms with Crippen LogP contribution in [0.3, 0.4) is 0 Å². The molecule has 21 heavy (non-hydrogen) atoms. The molecule has 2 saturated heterocycles. The maximum atomic E-state index is 9.48. The van der Waals surface area contributed by atoms with E-state index in [-0.39, 0.29) is 0 Å². The Morgan fingerprint density at radius 3 is 2.33 bits per heavy atom. The number of hydrogen-bond acceptors (Lipinski definition) is 3. The summed E-state index contributed by atoms with van der Waals surface area (Å²) in [7, 11) is 0. The second kappa shape index (κ2) is 7.57. The summed E-state index contributed by atoms with van der Waals surface area (Å²) in [4.78, 5) is 9.00. The van der Waals surface area contributed by atoms with E-state index in [2.05, 4.69) is 30.3 Å². The molecule has 0 unspecified atom stereocenters. The Labute approximate surface area is 125 Å². The normalized spacial score (nSPS) is 29.8. The molecule has 0 aliphatic carbocycles. The quantitative estimate of drug-likeness (QED) is 0.895. The van der Waals surface area contributed by atoms with Crippen molar-refractivity contribution in [2.75, 3.05) is 6.61 Å². The van der Waals surface area contributed by atoms with E-state index in [1.54, 1.807) is 0 Å². The largest absolute Gasteiger partial charge is 0.481 e. The van der Waals surface area contributed by atoms with Crippen molar-refractivity contribution >= 4 is 5.97 Å². The highest BCUT2D eigenvalue weighted by atomic mass is 16.5. The van der Waals surface area contributed by atoms with Crippen LogP contribution in [0.15, 0.2) is 30.3 Å². The Morgan fingerprint density at radius 2 is 1.76 bits per heavy atom. The summed E-state index contributed by atoms with van der Waals surface area (Å²) in [6.45, 7) is 1.38. The van der Waals surface area contributed by atoms with Gasteiger partial charge in [-0.05, 0) is 37.2 Å². The van der Waals surface area contributed by atoms with E-state index in [0.717, 1.165) is 26.2 Å². The highest BCUT2D eigenvalue weighted by Crippen LogP contribution is 2.45. The van der Waals surface area contributed by atoms with E-state index in [0.29, 0.717) is 30.7 Å². The lowest BCUT2D eigenvalue weighted by Crippen LogP contribution is -2.30. The molecule has 2 N–H and O–H groups in total. The molecular weight excluding hydrogens is 268 g/mol. The molecular formula is C17H24O4. The van der Waals surface area contributed by atoms with Gasteiger partial charge >= 0.3 is 0 Å². The molecule has 0 spiro atoms. The lowest BCUT2D eigenvalue weighted by Gasteiger charge is -2.26. The smallest absolute Gasteiger partial charge is 0.300 e. The second-order valence-electron chi connectivity index (χ2n) is 5.84. The van der Waals surface area contributed by atoms with Gasteiger partial charge in [-0.2, -0.15) is 0 Å². The van der Waals surface area contributed by atoms with Crippen molar-refractivity contribution in [3.63, 3.8) is 0 Å². The SMILES string of the molecule is CC(=O)O.OC[C@@H]1[C@H](CCc2ccccc2)[C@@H]2CC[C@@H]1O2. The van der Waals surface area contributed by atoms with Gasteiger partial charge in [-0.15, -0.1) is 0 Å². The van der Waals surface area contributed by atoms with Crippen LogP contribution in [0.5, 0.6) is 0 Å². The first-order valence-electron chi connectivity index (χ1n) is 7.61. The van der Waals surface area contributed by atoms with Gasteiger partial charge in [-0.25, -0.2) is 0 Å². The van der Waals surface area contributed by atoms with Gasteiger partial charge in [0, 0.05) is 19.4 Å². The van der Waals surface area contributed by atoms with Crippen LogP contribution in [0.25, 0.3) is 0 Å². The lowest BCUT2D eigenvalue weighted by molar-refractivity contribution is -0.134. The van der Waals surface area contributed by atoms with Gasteiger partial charge in [0.1, 0.15) is 0 Å². The van der Waals surface area contributed by atoms with Crippen molar-refractivity contribution in [2.45, 2.75) is 44.8 Å². The van der Waals surface area contributed by atoms with Crippen molar-refractivity contribution in [1.82, 2.24) is 0 Å². The predicted molar refractivity (Wildman–Crippen MR) is 80.0 cm³/mol. The molecule has 2 aliphatic rings. The molecule has 2 bridgehead atoms. The van der Waals surface area contributed by atoms with Gasteiger partial charge in [0.05, 0.1) is 12.2 Å². The number of benzene rings is 1. The number of ether oxygens (including phenoxy) is 1. The standard InChI is InChI=1S/C15H20O2.C2H4O2/c16-10-13-12(14-8-9-15(13)17-14)7-6-11-4-2-1-3-5-11;1-2(3)4/h1-5,12-16H,6-10H2;1H3,(H,3,4)/t12-,13+,14-,15-;/m0./s1. The van der Waals surface area contributed by atoms with Crippen molar-refractivity contribution in [3.8, 4) is 0 Å². The lowest BCUT2D eigenvalue weighted by atomic mass is 9.77. The molecule has 2 fully saturated rings. The van der Waals surface area contributed by atoms with Gasteiger partial charge in [-0.1, -0.05) is 30.3 Å². The Morgan fingerprint density at radius 1 is 1.19 bits per heavy atom. The Balaban J connectivity index is 0.000000361. The van der Waals surface area contributed by atoms with E-state index in [9.17, 15) is 5.11 Å². The molecule has 4 heteroatoms. The fraction of sp³-hybridized carbons (Fsp3) is 0.588. The zero-order chi connectivity index (χ0) is 15.2. The fourth-order valence-corrected chi connectivity index (χ4v) is 3.50. The summed E-state index contributed by atoms with van der Waals surface area (Å²) in [5.74, 6) is 0.122. The molecule has 2 aliphatic heterocycles. The van der Waals surface area contributed by atoms with Crippen LogP contribution >= 0.6 is 0 Å². The average Bonchev–Trinajstić information content (AvgIpc) is 3.06. The molecule has 1 aromatic rings. The van der Waals surface area contributed by atoms with E-state index >= 15 is 0 Å². The molecule has 0 amide bonds. The first kappa shape index (κ1) is 16.0. The third-order valence-corrected chi connectivity index (χ3v) is 4.41. The third kappa shape index (κ3) is 4.29. The maximum absolute atomic E-state index is 9.48. The second-order valence-corrected chi connectivity index (χ2v) is 5.84. The number of aliphatic hydroxyl groups excluding tert-OH is 1. The molecule has 0 aromatic heterocycles. The van der Waals surface area contributed by atoms with E-state index in [1.165, 1.54) is 12.0 Å². The fourth-order valence-electron chi connectivity index (χ4n) is 3.50. The first-order valence-corrected chi connectivity index (χ1v) is 7.61. The number of aryl methyl sites for hydroxylation is 1. The summed E-state index contributed by atoms with van der Waals surface area (Å²) in [5.41, 5.74) is 1.40. The first-order chi connectivity index (χ1) is 10.1. The number of aliphatic carboxylic acids is 1. The van der Waals surface area contributed by atoms with Crippen LogP contribution < -0.4 is 0 Å². The molecule has 1 aromatic carbocycles. The summed E-state index contributed by atoms with van der Waals surface area (Å²) < 4.78 is 5.92. The molecule has 3 rings (SSSR count). The monoisotopic (exact) mass is 292 g/mol. The summed E-state index contributed by atoms with van der Waals surface area (Å²) >= 11 is 0. The van der Waals surface area contributed by atoms with Gasteiger partial charge in [-0.3, -0.25) is 4.79 Å². The third-order valence-electron chi connectivity index (χ3n) is 4.41. The van der Waals surface area contributed by atoms with E-state index in [1.807, 2.05) is 0 Å². The summed E-state index contributed by atoms with van der Waals surface area (Å²) in [5, 5.41) is 16.9. The highest BCUT2D eigenvalue weighted by Gasteiger charge is 2.47. The van der Waals surface area contributed by atoms with Crippen molar-refractivity contribution < 1.29 is 19.7 Å². The average molecular weight is 292 g/mol. The number of carboxylic acid groups (broad SMARTS) is 1. The van der Waals surface area contributed by atoms with E-state index in [4.69, 9.17) is 14.6 Å². The highest BCUT2D eigenvalue weighted by molar-refractivity contribution is 5.62. The number of aliphatic hydroxyl groups is 1. The number of carbonyl (C=O) groups is 1. The minimum atomic E-state index is -0.833. The zero-order valence-electron chi connectivity index (χ0n) is 12.4. The number of hydrogen-bond donors (Lipinski definition) is 2. The maximum Gasteiger partial charge on any atom is 0.300 e. The minimum absolute atomic E-state index is 0.292. The van der Waals surface area contributed by atoms with Crippen molar-refractivity contribution in [2.24, 2.45) is 11.8 Å². The zero-order valence-corrected chi connectivity index (χ0v) is 12.4. The van der Waals surface area contributed by atoms with Crippen LogP contribution in [0.1, 0.15) is 31.7 Å². The number of rotatable bonds is 4. The molecule has 0 radical (unpaired) electrons. The minimum Gasteiger partial charge on any atom is -0.481 e. The topological polar surface area (TPSA) is 66.8 Å². The van der Waals surface area contributed by atoms with Gasteiger partial charge in [0.25, 0.3) is 5.97 Å². The Hall–Kier alpha value is -1.39. The van der Waals surface area contributed by atoms with Crippen LogP contribution in [0, 0.1) is 11.8 Å². The molecule has 2 heterocycles. The summed E-state index contributed by atoms with van der Waals surface area (Å²) in [6, 6.07) is 10.6. The summed E-state index contributed by atoms with van der Waals surface area (Å²) in [6.07, 6.45) is 5.36. The molecule has 4 atom stereocenters. The van der Waals surface area contributed by atoms with Gasteiger partial charge in [0.15, 0.2) is 0 Å². The van der Waals surface area contributed by atoms with E-state index < -0.39 is 5.97 Å². The van der Waals surface area contributed by atoms with Gasteiger partial charge in [0.2, 0.25) is 0 Å². The van der Waals surface area contributed by atoms with Crippen molar-refractivity contribution in [3.05, 3.63) is 35.9 Å². The Bertz CT molecular complexity index is 441. The van der Waals surface area contributed by atoms with Crippen LogP contribution in [-0.2, 0) is 16.0 Å². The number of carboxylic acids is 1. The Kier molecular flexibility index (Phi) is 5.76. The van der Waals surface area contributed by atoms with Crippen LogP contribution in [0.4, 0.5) is 0 Å².